The normalized spacial score (nSPS) is 13.3. The first-order valence-corrected chi connectivity index (χ1v) is 12.7. The summed E-state index contributed by atoms with van der Waals surface area (Å²) in [6, 6.07) is 35.2. The quantitative estimate of drug-likeness (QED) is 0.306. The maximum atomic E-state index is 12.7. The van der Waals surface area contributed by atoms with Crippen LogP contribution in [0.1, 0.15) is 32.6 Å². The molecule has 3 nitrogen and oxygen atoms in total. The number of anilines is 1. The summed E-state index contributed by atoms with van der Waals surface area (Å²) in [5, 5.41) is 3.01. The second kappa shape index (κ2) is 10.7. The van der Waals surface area contributed by atoms with E-state index in [0.717, 1.165) is 37.5 Å². The molecule has 4 heteroatoms. The zero-order chi connectivity index (χ0) is 23.2. The Morgan fingerprint density at radius 3 is 2.21 bits per heavy atom. The van der Waals surface area contributed by atoms with Crippen LogP contribution in [0.25, 0.3) is 0 Å². The fourth-order valence-electron chi connectivity index (χ4n) is 4.28. The van der Waals surface area contributed by atoms with E-state index in [4.69, 9.17) is 0 Å². The molecule has 1 aliphatic heterocycles. The van der Waals surface area contributed by atoms with Crippen molar-refractivity contribution in [1.29, 1.82) is 0 Å². The first-order valence-electron chi connectivity index (χ1n) is 11.7. The lowest BCUT2D eigenvalue weighted by Crippen LogP contribution is -2.29. The first kappa shape index (κ1) is 22.5. The molecule has 5 rings (SSSR count). The number of carbonyl (C=O) groups excluding carboxylic acids is 1. The molecule has 0 saturated carbocycles. The largest absolute Gasteiger partial charge is 0.322 e. The van der Waals surface area contributed by atoms with Gasteiger partial charge < -0.3 is 5.32 Å². The van der Waals surface area contributed by atoms with Crippen LogP contribution in [0.2, 0.25) is 0 Å². The van der Waals surface area contributed by atoms with E-state index in [1.54, 1.807) is 0 Å². The molecule has 0 atom stereocenters. The molecule has 170 valence electrons. The van der Waals surface area contributed by atoms with E-state index < -0.39 is 0 Å². The van der Waals surface area contributed by atoms with Crippen LogP contribution in [0, 0.1) is 0 Å². The van der Waals surface area contributed by atoms with Gasteiger partial charge in [-0.2, -0.15) is 0 Å². The van der Waals surface area contributed by atoms with E-state index in [9.17, 15) is 4.79 Å². The number of amides is 1. The van der Waals surface area contributed by atoms with Crippen LogP contribution in [0.3, 0.4) is 0 Å². The van der Waals surface area contributed by atoms with Gasteiger partial charge in [-0.1, -0.05) is 66.7 Å². The Kier molecular flexibility index (Phi) is 7.08. The van der Waals surface area contributed by atoms with E-state index in [1.165, 1.54) is 27.1 Å². The summed E-state index contributed by atoms with van der Waals surface area (Å²) in [6.45, 7) is 2.95. The summed E-state index contributed by atoms with van der Waals surface area (Å²) in [5.41, 5.74) is 6.85. The van der Waals surface area contributed by atoms with Crippen LogP contribution in [0.5, 0.6) is 0 Å². The number of nitrogens with one attached hydrogen (secondary N) is 1. The molecule has 0 saturated heterocycles. The van der Waals surface area contributed by atoms with Gasteiger partial charge in [-0.05, 0) is 65.1 Å². The Balaban J connectivity index is 1.13. The van der Waals surface area contributed by atoms with Crippen molar-refractivity contribution in [2.75, 3.05) is 11.9 Å². The van der Waals surface area contributed by atoms with Crippen LogP contribution >= 0.6 is 11.8 Å². The van der Waals surface area contributed by atoms with E-state index in [-0.39, 0.29) is 5.91 Å². The molecule has 0 spiro atoms. The van der Waals surface area contributed by atoms with Crippen molar-refractivity contribution >= 4 is 23.4 Å². The number of fused-ring (bicyclic) bond motifs is 1. The lowest BCUT2D eigenvalue weighted by molar-refractivity contribution is 0.102. The molecule has 0 bridgehead atoms. The van der Waals surface area contributed by atoms with Crippen LogP contribution in [-0.2, 0) is 25.3 Å². The highest BCUT2D eigenvalue weighted by Gasteiger charge is 2.16. The summed E-state index contributed by atoms with van der Waals surface area (Å²) in [4.78, 5) is 16.4. The molecule has 4 aromatic rings. The Hall–Kier alpha value is -3.34. The van der Waals surface area contributed by atoms with Gasteiger partial charge in [0.1, 0.15) is 0 Å². The lowest BCUT2D eigenvalue weighted by atomic mass is 9.99. The number of carbonyl (C=O) groups is 1. The van der Waals surface area contributed by atoms with Gasteiger partial charge in [0.2, 0.25) is 0 Å². The fraction of sp³-hybridized carbons (Fsp3) is 0.167. The van der Waals surface area contributed by atoms with E-state index in [0.29, 0.717) is 5.56 Å². The molecule has 0 fully saturated rings. The zero-order valence-electron chi connectivity index (χ0n) is 19.1. The third-order valence-electron chi connectivity index (χ3n) is 6.19. The third-order valence-corrected chi connectivity index (χ3v) is 7.28. The van der Waals surface area contributed by atoms with Crippen molar-refractivity contribution in [2.24, 2.45) is 0 Å². The van der Waals surface area contributed by atoms with Gasteiger partial charge in [-0.25, -0.2) is 0 Å². The number of benzene rings is 4. The second-order valence-corrected chi connectivity index (χ2v) is 9.73. The minimum Gasteiger partial charge on any atom is -0.322 e. The van der Waals surface area contributed by atoms with E-state index in [2.05, 4.69) is 83.0 Å². The molecular weight excluding hydrogens is 436 g/mol. The second-order valence-electron chi connectivity index (χ2n) is 8.68. The van der Waals surface area contributed by atoms with E-state index >= 15 is 0 Å². The predicted octanol–water partition coefficient (Wildman–Crippen LogP) is 6.79. The molecule has 1 N–H and O–H groups in total. The minimum absolute atomic E-state index is 0.0788. The van der Waals surface area contributed by atoms with Crippen LogP contribution in [-0.4, -0.2) is 17.4 Å². The average molecular weight is 465 g/mol. The van der Waals surface area contributed by atoms with Crippen molar-refractivity contribution in [3.05, 3.63) is 131 Å². The van der Waals surface area contributed by atoms with Crippen molar-refractivity contribution in [3.63, 3.8) is 0 Å². The number of hydrogen-bond acceptors (Lipinski definition) is 3. The average Bonchev–Trinajstić information content (AvgIpc) is 2.89. The topological polar surface area (TPSA) is 32.3 Å². The van der Waals surface area contributed by atoms with Crippen molar-refractivity contribution < 1.29 is 4.79 Å². The van der Waals surface area contributed by atoms with Gasteiger partial charge >= 0.3 is 0 Å². The zero-order valence-corrected chi connectivity index (χ0v) is 19.9. The summed E-state index contributed by atoms with van der Waals surface area (Å²) in [6.07, 6.45) is 1.10. The predicted molar refractivity (Wildman–Crippen MR) is 141 cm³/mol. The monoisotopic (exact) mass is 464 g/mol. The number of rotatable bonds is 7. The summed E-state index contributed by atoms with van der Waals surface area (Å²) < 4.78 is 0. The molecular formula is C30H28N2OS. The molecule has 1 amide bonds. The van der Waals surface area contributed by atoms with Crippen molar-refractivity contribution in [2.45, 2.75) is 30.2 Å². The highest BCUT2D eigenvalue weighted by molar-refractivity contribution is 7.98. The molecule has 4 aromatic carbocycles. The lowest BCUT2D eigenvalue weighted by Gasteiger charge is -2.28. The standard InChI is InChI=1S/C30H28N2OS/c33-30(31-28-16-12-24(13-17-28)22-34-29-8-2-1-3-9-29)26-14-10-23(11-15-26)20-32-19-18-25-6-4-5-7-27(25)21-32/h1-17H,18-22H2,(H,31,33). The highest BCUT2D eigenvalue weighted by atomic mass is 32.2. The van der Waals surface area contributed by atoms with Gasteiger partial charge in [0, 0.05) is 41.5 Å². The maximum absolute atomic E-state index is 12.7. The van der Waals surface area contributed by atoms with Crippen molar-refractivity contribution in [1.82, 2.24) is 4.90 Å². The molecule has 0 aromatic heterocycles. The Morgan fingerprint density at radius 2 is 1.44 bits per heavy atom. The van der Waals surface area contributed by atoms with Crippen LogP contribution < -0.4 is 5.32 Å². The molecule has 0 aliphatic carbocycles. The van der Waals surface area contributed by atoms with Gasteiger partial charge in [-0.15, -0.1) is 11.8 Å². The van der Waals surface area contributed by atoms with Gasteiger partial charge in [0.25, 0.3) is 5.91 Å². The molecule has 1 heterocycles. The number of hydrogen-bond donors (Lipinski definition) is 1. The van der Waals surface area contributed by atoms with Gasteiger partial charge in [0.05, 0.1) is 0 Å². The number of nitrogens with zero attached hydrogens (tertiary/aromatic N) is 1. The molecule has 0 unspecified atom stereocenters. The Bertz CT molecular complexity index is 1240. The highest BCUT2D eigenvalue weighted by Crippen LogP contribution is 2.24. The molecule has 0 radical (unpaired) electrons. The molecule has 34 heavy (non-hydrogen) atoms. The SMILES string of the molecule is O=C(Nc1ccc(CSc2ccccc2)cc1)c1ccc(CN2CCc3ccccc3C2)cc1. The maximum Gasteiger partial charge on any atom is 0.255 e. The third kappa shape index (κ3) is 5.77. The summed E-state index contributed by atoms with van der Waals surface area (Å²) >= 11 is 1.81. The van der Waals surface area contributed by atoms with Crippen LogP contribution in [0.15, 0.2) is 108 Å². The first-order chi connectivity index (χ1) is 16.7. The summed E-state index contributed by atoms with van der Waals surface area (Å²) in [7, 11) is 0. The van der Waals surface area contributed by atoms with Gasteiger partial charge in [-0.3, -0.25) is 9.69 Å². The Morgan fingerprint density at radius 1 is 0.765 bits per heavy atom. The molecule has 1 aliphatic rings. The summed E-state index contributed by atoms with van der Waals surface area (Å²) in [5.74, 6) is 0.826. The smallest absolute Gasteiger partial charge is 0.255 e. The van der Waals surface area contributed by atoms with Crippen molar-refractivity contribution in [3.8, 4) is 0 Å². The minimum atomic E-state index is -0.0788. The van der Waals surface area contributed by atoms with E-state index in [1.807, 2.05) is 42.1 Å². The Labute approximate surface area is 205 Å². The fourth-order valence-corrected chi connectivity index (χ4v) is 5.16. The van der Waals surface area contributed by atoms with Crippen LogP contribution in [0.4, 0.5) is 5.69 Å². The van der Waals surface area contributed by atoms with Gasteiger partial charge in [0.15, 0.2) is 0 Å². The number of thioether (sulfide) groups is 1.